The summed E-state index contributed by atoms with van der Waals surface area (Å²) in [4.78, 5) is 58.4. The third kappa shape index (κ3) is 6.85. The molecule has 0 aliphatic carbocycles. The largest absolute Gasteiger partial charge is 0.480 e. The van der Waals surface area contributed by atoms with Crippen molar-refractivity contribution in [2.45, 2.75) is 71.5 Å². The third-order valence-electron chi connectivity index (χ3n) is 6.83. The quantitative estimate of drug-likeness (QED) is 0.369. The zero-order chi connectivity index (χ0) is 28.1. The second-order valence-electron chi connectivity index (χ2n) is 10.1. The molecule has 1 aliphatic heterocycles. The molecule has 1 aromatic carbocycles. The van der Waals surface area contributed by atoms with Gasteiger partial charge in [-0.3, -0.25) is 9.78 Å². The van der Waals surface area contributed by atoms with Crippen molar-refractivity contribution in [1.82, 2.24) is 20.2 Å². The topological polar surface area (TPSA) is 144 Å². The zero-order valence-electron chi connectivity index (χ0n) is 21.8. The highest BCUT2D eigenvalue weighted by molar-refractivity contribution is 6.40. The molecule has 0 bridgehead atoms. The Hall–Kier alpha value is -3.11. The van der Waals surface area contributed by atoms with Gasteiger partial charge in [-0.25, -0.2) is 19.4 Å². The number of benzene rings is 1. The van der Waals surface area contributed by atoms with Gasteiger partial charge in [-0.1, -0.05) is 57.0 Å². The number of carboxylic acid groups (broad SMARTS) is 1. The lowest BCUT2D eigenvalue weighted by Crippen LogP contribution is -2.59. The minimum atomic E-state index is -1.35. The number of hydrogen-bond acceptors (Lipinski definition) is 5. The first-order valence-corrected chi connectivity index (χ1v) is 13.3. The number of H-pyrrole nitrogens is 1. The fourth-order valence-corrected chi connectivity index (χ4v) is 5.46. The maximum absolute atomic E-state index is 13.5. The summed E-state index contributed by atoms with van der Waals surface area (Å²) < 4.78 is 0. The van der Waals surface area contributed by atoms with Gasteiger partial charge in [0.2, 0.25) is 0 Å². The molecule has 3 unspecified atom stereocenters. The summed E-state index contributed by atoms with van der Waals surface area (Å²) in [6.45, 7) is 8.20. The van der Waals surface area contributed by atoms with Gasteiger partial charge in [-0.2, -0.15) is 0 Å². The van der Waals surface area contributed by atoms with Crippen LogP contribution in [0.25, 0.3) is 0 Å². The summed E-state index contributed by atoms with van der Waals surface area (Å²) in [5.74, 6) is -1.63. The van der Waals surface area contributed by atoms with Crippen LogP contribution in [-0.4, -0.2) is 56.0 Å². The number of nitrogens with one attached hydrogen (secondary N) is 3. The van der Waals surface area contributed by atoms with E-state index < -0.39 is 29.6 Å². The Labute approximate surface area is 231 Å². The van der Waals surface area contributed by atoms with E-state index in [0.29, 0.717) is 0 Å². The maximum Gasteiger partial charge on any atom is 0.346 e. The average molecular weight is 566 g/mol. The second-order valence-corrected chi connectivity index (χ2v) is 11.0. The Bertz CT molecular complexity index is 1210. The molecule has 12 heteroatoms. The molecule has 206 valence electrons. The first kappa shape index (κ1) is 29.4. The molecule has 38 heavy (non-hydrogen) atoms. The number of carbonyl (C=O) groups is 3. The Balaban J connectivity index is 1.87. The lowest BCUT2D eigenvalue weighted by molar-refractivity contribution is -0.139. The molecule has 1 saturated heterocycles. The van der Waals surface area contributed by atoms with Crippen LogP contribution in [0.1, 0.15) is 62.9 Å². The number of hydrogen-bond donors (Lipinski definition) is 4. The summed E-state index contributed by atoms with van der Waals surface area (Å²) >= 11 is 12.3. The predicted molar refractivity (Wildman–Crippen MR) is 146 cm³/mol. The summed E-state index contributed by atoms with van der Waals surface area (Å²) in [5, 5.41) is 15.4. The Kier molecular flexibility index (Phi) is 9.78. The molecule has 2 heterocycles. The van der Waals surface area contributed by atoms with Crippen molar-refractivity contribution in [3.05, 3.63) is 56.1 Å². The first-order valence-electron chi connectivity index (χ1n) is 12.6. The van der Waals surface area contributed by atoms with E-state index in [-0.39, 0.29) is 57.3 Å². The number of aromatic amines is 1. The van der Waals surface area contributed by atoms with Gasteiger partial charge >= 0.3 is 17.7 Å². The van der Waals surface area contributed by atoms with Gasteiger partial charge in [-0.15, -0.1) is 0 Å². The lowest BCUT2D eigenvalue weighted by atomic mass is 9.85. The molecule has 3 amide bonds. The molecule has 1 aromatic heterocycles. The molecule has 0 spiro atoms. The van der Waals surface area contributed by atoms with E-state index in [0.717, 1.165) is 19.3 Å². The van der Waals surface area contributed by atoms with E-state index in [1.165, 1.54) is 18.3 Å². The Morgan fingerprint density at radius 3 is 2.21 bits per heavy atom. The number of rotatable bonds is 8. The van der Waals surface area contributed by atoms with E-state index in [2.05, 4.69) is 48.3 Å². The number of aromatic nitrogens is 2. The van der Waals surface area contributed by atoms with Gasteiger partial charge in [0.25, 0.3) is 5.91 Å². The molecule has 0 radical (unpaired) electrons. The second kappa shape index (κ2) is 12.6. The number of likely N-dealkylation sites (tertiary alicyclic amines) is 1. The van der Waals surface area contributed by atoms with Crippen molar-refractivity contribution >= 4 is 46.9 Å². The zero-order valence-corrected chi connectivity index (χ0v) is 23.3. The van der Waals surface area contributed by atoms with Crippen LogP contribution in [0.2, 0.25) is 10.0 Å². The third-order valence-corrected chi connectivity index (χ3v) is 7.46. The molecule has 2 aromatic rings. The molecule has 1 aliphatic rings. The lowest BCUT2D eigenvalue weighted by Gasteiger charge is -2.46. The van der Waals surface area contributed by atoms with Gasteiger partial charge in [0.1, 0.15) is 11.9 Å². The average Bonchev–Trinajstić information content (AvgIpc) is 2.84. The van der Waals surface area contributed by atoms with E-state index in [1.54, 1.807) is 11.0 Å². The van der Waals surface area contributed by atoms with Gasteiger partial charge in [-0.05, 0) is 43.2 Å². The molecular formula is C26H33Cl2N5O5. The number of aliphatic carboxylic acids is 1. The van der Waals surface area contributed by atoms with Crippen molar-refractivity contribution in [2.75, 3.05) is 5.32 Å². The van der Waals surface area contributed by atoms with E-state index in [4.69, 9.17) is 23.2 Å². The van der Waals surface area contributed by atoms with Crippen molar-refractivity contribution in [3.63, 3.8) is 0 Å². The number of carboxylic acids is 1. The minimum Gasteiger partial charge on any atom is -0.480 e. The Morgan fingerprint density at radius 1 is 1.11 bits per heavy atom. The van der Waals surface area contributed by atoms with Crippen molar-refractivity contribution in [2.24, 2.45) is 11.8 Å². The fraction of sp³-hybridized carbons (Fsp3) is 0.500. The number of nitrogens with zero attached hydrogens (tertiary/aromatic N) is 2. The first-order chi connectivity index (χ1) is 17.9. The fourth-order valence-electron chi connectivity index (χ4n) is 4.89. The van der Waals surface area contributed by atoms with Gasteiger partial charge < -0.3 is 20.6 Å². The van der Waals surface area contributed by atoms with Gasteiger partial charge in [0.15, 0.2) is 0 Å². The van der Waals surface area contributed by atoms with Crippen LogP contribution in [0, 0.1) is 11.8 Å². The molecule has 10 nitrogen and oxygen atoms in total. The highest BCUT2D eigenvalue weighted by Crippen LogP contribution is 2.31. The molecular weight excluding hydrogens is 533 g/mol. The minimum absolute atomic E-state index is 0.00733. The highest BCUT2D eigenvalue weighted by atomic mass is 35.5. The standard InChI is InChI=1S/C26H33Cl2N5O5/c1-13(2)19-9-6-10-20(14(3)4)33(19)26(38)30-18(24(35)36)11-15-12-29-25(37)32-22(15)31-23(34)21-16(27)7-5-8-17(21)28/h5,7-8,12-14,18-20H,6,9-11H2,1-4H3,(H,30,38)(H,35,36)(H2,29,31,32,34,37). The van der Waals surface area contributed by atoms with Crippen LogP contribution in [0.3, 0.4) is 0 Å². The molecule has 1 fully saturated rings. The number of halogens is 2. The SMILES string of the molecule is CC(C)C1CCCC(C(C)C)N1C(=O)NC(Cc1cnc(=O)[nH]c1NC(=O)c1c(Cl)cccc1Cl)C(=O)O. The number of urea groups is 1. The van der Waals surface area contributed by atoms with Crippen LogP contribution < -0.4 is 16.3 Å². The summed E-state index contributed by atoms with van der Waals surface area (Å²) in [6.07, 6.45) is 3.61. The van der Waals surface area contributed by atoms with E-state index in [1.807, 2.05) is 0 Å². The van der Waals surface area contributed by atoms with Crippen LogP contribution >= 0.6 is 23.2 Å². The molecule has 0 saturated carbocycles. The van der Waals surface area contributed by atoms with Crippen molar-refractivity contribution < 1.29 is 19.5 Å². The van der Waals surface area contributed by atoms with Gasteiger partial charge in [0, 0.05) is 30.3 Å². The monoisotopic (exact) mass is 565 g/mol. The van der Waals surface area contributed by atoms with Gasteiger partial charge in [0.05, 0.1) is 15.6 Å². The van der Waals surface area contributed by atoms with Crippen LogP contribution in [0.5, 0.6) is 0 Å². The number of carbonyl (C=O) groups excluding carboxylic acids is 2. The summed E-state index contributed by atoms with van der Waals surface area (Å²) in [6, 6.07) is 2.72. The normalized spacial score (nSPS) is 18.4. The molecule has 4 N–H and O–H groups in total. The van der Waals surface area contributed by atoms with E-state index in [9.17, 15) is 24.3 Å². The number of piperidine rings is 1. The van der Waals surface area contributed by atoms with Crippen molar-refractivity contribution in [3.8, 4) is 0 Å². The van der Waals surface area contributed by atoms with Crippen LogP contribution in [-0.2, 0) is 11.2 Å². The van der Waals surface area contributed by atoms with Crippen LogP contribution in [0.4, 0.5) is 10.6 Å². The predicted octanol–water partition coefficient (Wildman–Crippen LogP) is 4.57. The number of amides is 3. The van der Waals surface area contributed by atoms with Crippen LogP contribution in [0.15, 0.2) is 29.2 Å². The summed E-state index contributed by atoms with van der Waals surface area (Å²) in [7, 11) is 0. The molecule has 3 atom stereocenters. The maximum atomic E-state index is 13.5. The van der Waals surface area contributed by atoms with Crippen molar-refractivity contribution in [1.29, 1.82) is 0 Å². The highest BCUT2D eigenvalue weighted by Gasteiger charge is 2.38. The molecule has 3 rings (SSSR count). The Morgan fingerprint density at radius 2 is 1.68 bits per heavy atom. The van der Waals surface area contributed by atoms with E-state index >= 15 is 0 Å². The smallest absolute Gasteiger partial charge is 0.346 e. The summed E-state index contributed by atoms with van der Waals surface area (Å²) in [5.41, 5.74) is -0.557. The number of anilines is 1.